The molecular formula is C17H22N2O2. The number of hydrogen-bond acceptors (Lipinski definition) is 4. The molecule has 0 heterocycles. The van der Waals surface area contributed by atoms with Gasteiger partial charge in [0.2, 0.25) is 0 Å². The van der Waals surface area contributed by atoms with Gasteiger partial charge in [-0.05, 0) is 57.2 Å². The van der Waals surface area contributed by atoms with E-state index >= 15 is 0 Å². The molecule has 3 N–H and O–H groups in total. The molecule has 21 heavy (non-hydrogen) atoms. The van der Waals surface area contributed by atoms with Gasteiger partial charge < -0.3 is 20.5 Å². The maximum Gasteiger partial charge on any atom is 0.144 e. The topological polar surface area (TPSA) is 56.5 Å². The van der Waals surface area contributed by atoms with E-state index in [1.807, 2.05) is 63.2 Å². The van der Waals surface area contributed by atoms with Crippen molar-refractivity contribution in [2.24, 2.45) is 0 Å². The molecule has 0 amide bonds. The van der Waals surface area contributed by atoms with Crippen molar-refractivity contribution in [1.82, 2.24) is 0 Å². The van der Waals surface area contributed by atoms with Crippen LogP contribution in [0.5, 0.6) is 11.5 Å². The standard InChI is InChI=1S/C17H22N2O2/c1-4-20-15-8-5-13(6-9-15)19-14-7-10-16(18)17(11-14)21-12(2)3/h5-12,19H,4,18H2,1-3H3. The Morgan fingerprint density at radius 1 is 1.05 bits per heavy atom. The maximum absolute atomic E-state index is 5.92. The molecule has 0 unspecified atom stereocenters. The molecule has 2 aromatic carbocycles. The van der Waals surface area contributed by atoms with Crippen molar-refractivity contribution in [2.45, 2.75) is 26.9 Å². The molecule has 0 aliphatic carbocycles. The summed E-state index contributed by atoms with van der Waals surface area (Å²) >= 11 is 0. The quantitative estimate of drug-likeness (QED) is 0.781. The molecule has 2 aromatic rings. The molecule has 0 radical (unpaired) electrons. The van der Waals surface area contributed by atoms with Crippen LogP contribution in [0.1, 0.15) is 20.8 Å². The summed E-state index contributed by atoms with van der Waals surface area (Å²) in [5.41, 5.74) is 8.47. The molecule has 4 heteroatoms. The minimum absolute atomic E-state index is 0.0908. The molecular weight excluding hydrogens is 264 g/mol. The van der Waals surface area contributed by atoms with Crippen molar-refractivity contribution in [3.8, 4) is 11.5 Å². The molecule has 112 valence electrons. The number of ether oxygens (including phenoxy) is 2. The number of rotatable bonds is 6. The predicted molar refractivity (Wildman–Crippen MR) is 87.5 cm³/mol. The molecule has 0 aromatic heterocycles. The molecule has 0 aliphatic heterocycles. The Hall–Kier alpha value is -2.36. The smallest absolute Gasteiger partial charge is 0.144 e. The zero-order valence-electron chi connectivity index (χ0n) is 12.7. The highest BCUT2D eigenvalue weighted by Crippen LogP contribution is 2.28. The van der Waals surface area contributed by atoms with Crippen molar-refractivity contribution >= 4 is 17.1 Å². The lowest BCUT2D eigenvalue weighted by Crippen LogP contribution is -2.07. The van der Waals surface area contributed by atoms with Crippen LogP contribution in [-0.2, 0) is 0 Å². The maximum atomic E-state index is 5.92. The van der Waals surface area contributed by atoms with Gasteiger partial charge in [-0.3, -0.25) is 0 Å². The van der Waals surface area contributed by atoms with Gasteiger partial charge in [-0.25, -0.2) is 0 Å². The summed E-state index contributed by atoms with van der Waals surface area (Å²) in [5.74, 6) is 1.56. The van der Waals surface area contributed by atoms with E-state index in [9.17, 15) is 0 Å². The third-order valence-electron chi connectivity index (χ3n) is 2.83. The summed E-state index contributed by atoms with van der Waals surface area (Å²) in [6, 6.07) is 13.5. The van der Waals surface area contributed by atoms with E-state index in [2.05, 4.69) is 5.32 Å². The molecule has 2 rings (SSSR count). The lowest BCUT2D eigenvalue weighted by Gasteiger charge is -2.14. The third-order valence-corrected chi connectivity index (χ3v) is 2.83. The van der Waals surface area contributed by atoms with Crippen molar-refractivity contribution in [3.63, 3.8) is 0 Å². The van der Waals surface area contributed by atoms with Crippen LogP contribution in [0.2, 0.25) is 0 Å². The molecule has 0 saturated heterocycles. The third kappa shape index (κ3) is 4.31. The highest BCUT2D eigenvalue weighted by molar-refractivity contribution is 5.67. The first kappa shape index (κ1) is 15.0. The Bertz CT molecular complexity index is 580. The van der Waals surface area contributed by atoms with Gasteiger partial charge in [0, 0.05) is 17.4 Å². The van der Waals surface area contributed by atoms with Gasteiger partial charge in [-0.2, -0.15) is 0 Å². The fourth-order valence-electron chi connectivity index (χ4n) is 1.94. The van der Waals surface area contributed by atoms with Crippen molar-refractivity contribution < 1.29 is 9.47 Å². The first-order chi connectivity index (χ1) is 10.1. The Labute approximate surface area is 125 Å². The lowest BCUT2D eigenvalue weighted by atomic mass is 10.2. The lowest BCUT2D eigenvalue weighted by molar-refractivity contribution is 0.244. The van der Waals surface area contributed by atoms with Crippen LogP contribution < -0.4 is 20.5 Å². The average Bonchev–Trinajstić information content (AvgIpc) is 2.44. The summed E-state index contributed by atoms with van der Waals surface area (Å²) in [5, 5.41) is 3.32. The number of nitrogens with two attached hydrogens (primary N) is 1. The predicted octanol–water partition coefficient (Wildman–Crippen LogP) is 4.20. The van der Waals surface area contributed by atoms with Crippen LogP contribution in [0.3, 0.4) is 0 Å². The van der Waals surface area contributed by atoms with Gasteiger partial charge in [-0.1, -0.05) is 0 Å². The summed E-state index contributed by atoms with van der Waals surface area (Å²) in [4.78, 5) is 0. The summed E-state index contributed by atoms with van der Waals surface area (Å²) in [6.07, 6.45) is 0.0908. The van der Waals surface area contributed by atoms with Crippen LogP contribution in [0.4, 0.5) is 17.1 Å². The largest absolute Gasteiger partial charge is 0.494 e. The SMILES string of the molecule is CCOc1ccc(Nc2ccc(N)c(OC(C)C)c2)cc1. The number of nitrogens with one attached hydrogen (secondary N) is 1. The Balaban J connectivity index is 2.11. The fourth-order valence-corrected chi connectivity index (χ4v) is 1.94. The van der Waals surface area contributed by atoms with E-state index < -0.39 is 0 Å². The van der Waals surface area contributed by atoms with Crippen molar-refractivity contribution in [1.29, 1.82) is 0 Å². The Morgan fingerprint density at radius 2 is 1.71 bits per heavy atom. The second kappa shape index (κ2) is 6.88. The Morgan fingerprint density at radius 3 is 2.33 bits per heavy atom. The second-order valence-electron chi connectivity index (χ2n) is 5.00. The highest BCUT2D eigenvalue weighted by Gasteiger charge is 2.05. The first-order valence-corrected chi connectivity index (χ1v) is 7.14. The second-order valence-corrected chi connectivity index (χ2v) is 5.00. The van der Waals surface area contributed by atoms with Crippen LogP contribution >= 0.6 is 0 Å². The zero-order chi connectivity index (χ0) is 15.2. The van der Waals surface area contributed by atoms with Gasteiger partial charge in [0.25, 0.3) is 0 Å². The summed E-state index contributed by atoms with van der Waals surface area (Å²) in [6.45, 7) is 6.59. The van der Waals surface area contributed by atoms with E-state index in [4.69, 9.17) is 15.2 Å². The van der Waals surface area contributed by atoms with Crippen LogP contribution in [-0.4, -0.2) is 12.7 Å². The van der Waals surface area contributed by atoms with Crippen LogP contribution in [0, 0.1) is 0 Å². The summed E-state index contributed by atoms with van der Waals surface area (Å²) in [7, 11) is 0. The molecule has 0 fully saturated rings. The summed E-state index contributed by atoms with van der Waals surface area (Å²) < 4.78 is 11.1. The van der Waals surface area contributed by atoms with Crippen molar-refractivity contribution in [2.75, 3.05) is 17.7 Å². The molecule has 0 spiro atoms. The number of nitrogen functional groups attached to an aromatic ring is 1. The number of benzene rings is 2. The fraction of sp³-hybridized carbons (Fsp3) is 0.294. The van der Waals surface area contributed by atoms with Crippen LogP contribution in [0.25, 0.3) is 0 Å². The normalized spacial score (nSPS) is 10.5. The van der Waals surface area contributed by atoms with E-state index in [0.29, 0.717) is 18.0 Å². The van der Waals surface area contributed by atoms with Crippen molar-refractivity contribution in [3.05, 3.63) is 42.5 Å². The van der Waals surface area contributed by atoms with E-state index in [1.165, 1.54) is 0 Å². The molecule has 0 bridgehead atoms. The first-order valence-electron chi connectivity index (χ1n) is 7.14. The van der Waals surface area contributed by atoms with Gasteiger partial charge in [0.05, 0.1) is 18.4 Å². The monoisotopic (exact) mass is 286 g/mol. The highest BCUT2D eigenvalue weighted by atomic mass is 16.5. The number of hydrogen-bond donors (Lipinski definition) is 2. The number of anilines is 3. The van der Waals surface area contributed by atoms with E-state index in [-0.39, 0.29) is 6.10 Å². The van der Waals surface area contributed by atoms with Gasteiger partial charge in [0.1, 0.15) is 11.5 Å². The zero-order valence-corrected chi connectivity index (χ0v) is 12.7. The van der Waals surface area contributed by atoms with Gasteiger partial charge in [-0.15, -0.1) is 0 Å². The molecule has 0 aliphatic rings. The Kier molecular flexibility index (Phi) is 4.93. The molecule has 0 atom stereocenters. The average molecular weight is 286 g/mol. The van der Waals surface area contributed by atoms with Gasteiger partial charge >= 0.3 is 0 Å². The van der Waals surface area contributed by atoms with E-state index in [1.54, 1.807) is 0 Å². The molecule has 0 saturated carbocycles. The van der Waals surface area contributed by atoms with E-state index in [0.717, 1.165) is 17.1 Å². The minimum atomic E-state index is 0.0908. The van der Waals surface area contributed by atoms with Crippen LogP contribution in [0.15, 0.2) is 42.5 Å². The van der Waals surface area contributed by atoms with Gasteiger partial charge in [0.15, 0.2) is 0 Å². The minimum Gasteiger partial charge on any atom is -0.494 e. The molecule has 4 nitrogen and oxygen atoms in total.